The summed E-state index contributed by atoms with van der Waals surface area (Å²) in [5.74, 6) is -1.14. The molecule has 4 nitrogen and oxygen atoms in total. The zero-order valence-electron chi connectivity index (χ0n) is 16.1. The van der Waals surface area contributed by atoms with Crippen molar-refractivity contribution < 1.29 is 14.7 Å². The van der Waals surface area contributed by atoms with Crippen LogP contribution in [-0.4, -0.2) is 34.5 Å². The molecule has 0 bridgehead atoms. The summed E-state index contributed by atoms with van der Waals surface area (Å²) in [6.45, 7) is -0.247. The maximum absolute atomic E-state index is 13.4. The van der Waals surface area contributed by atoms with E-state index in [-0.39, 0.29) is 18.5 Å². The second kappa shape index (κ2) is 8.62. The van der Waals surface area contributed by atoms with Gasteiger partial charge in [-0.3, -0.25) is 9.59 Å². The molecule has 1 aliphatic carbocycles. The van der Waals surface area contributed by atoms with Crippen LogP contribution in [0.5, 0.6) is 0 Å². The number of nitrogens with zero attached hydrogens (tertiary/aromatic N) is 1. The van der Waals surface area contributed by atoms with Crippen molar-refractivity contribution in [2.24, 2.45) is 0 Å². The quantitative estimate of drug-likeness (QED) is 0.585. The van der Waals surface area contributed by atoms with Crippen molar-refractivity contribution in [3.05, 3.63) is 71.6 Å². The fourth-order valence-corrected chi connectivity index (χ4v) is 5.14. The lowest BCUT2D eigenvalue weighted by Gasteiger charge is -2.26. The Labute approximate surface area is 174 Å². The van der Waals surface area contributed by atoms with Gasteiger partial charge < -0.3 is 10.0 Å². The summed E-state index contributed by atoms with van der Waals surface area (Å²) in [6, 6.07) is 22.0. The number of aliphatic carboxylic acids is 1. The average Bonchev–Trinajstić information content (AvgIpc) is 3.43. The molecule has 0 saturated heterocycles. The Morgan fingerprint density at radius 1 is 0.931 bits per heavy atom. The topological polar surface area (TPSA) is 57.6 Å². The van der Waals surface area contributed by atoms with Crippen LogP contribution >= 0.6 is 11.3 Å². The zero-order valence-corrected chi connectivity index (χ0v) is 16.9. The Kier molecular flexibility index (Phi) is 5.76. The van der Waals surface area contributed by atoms with Crippen LogP contribution in [0, 0.1) is 0 Å². The van der Waals surface area contributed by atoms with E-state index in [0.29, 0.717) is 4.88 Å². The molecular formula is C24H23NO3S. The smallest absolute Gasteiger partial charge is 0.323 e. The molecule has 3 aromatic rings. The van der Waals surface area contributed by atoms with Crippen LogP contribution in [0.15, 0.2) is 66.7 Å². The summed E-state index contributed by atoms with van der Waals surface area (Å²) in [5, 5.41) is 9.37. The van der Waals surface area contributed by atoms with Gasteiger partial charge in [0.25, 0.3) is 5.91 Å². The minimum absolute atomic E-state index is 0.0149. The van der Waals surface area contributed by atoms with Crippen molar-refractivity contribution in [3.8, 4) is 21.6 Å². The van der Waals surface area contributed by atoms with Gasteiger partial charge in [0.15, 0.2) is 0 Å². The normalized spacial score (nSPS) is 14.1. The summed E-state index contributed by atoms with van der Waals surface area (Å²) in [4.78, 5) is 28.0. The number of carboxylic acids is 1. The van der Waals surface area contributed by atoms with E-state index in [2.05, 4.69) is 0 Å². The number of thiophene rings is 1. The number of benzene rings is 2. The van der Waals surface area contributed by atoms with E-state index in [4.69, 9.17) is 0 Å². The van der Waals surface area contributed by atoms with Gasteiger partial charge in [0.1, 0.15) is 6.54 Å². The van der Waals surface area contributed by atoms with Gasteiger partial charge in [-0.25, -0.2) is 0 Å². The number of hydrogen-bond acceptors (Lipinski definition) is 3. The van der Waals surface area contributed by atoms with E-state index in [1.165, 1.54) is 11.3 Å². The standard InChI is InChI=1S/C24H23NO3S/c26-22(27)16-25(19-13-7-8-14-19)24(28)21-15-20(17-9-3-1-4-10-17)23(29-21)18-11-5-2-6-12-18/h1-6,9-12,15,19H,7-8,13-14,16H2,(H,26,27). The number of carbonyl (C=O) groups excluding carboxylic acids is 1. The lowest BCUT2D eigenvalue weighted by molar-refractivity contribution is -0.138. The highest BCUT2D eigenvalue weighted by Gasteiger charge is 2.30. The Hall–Kier alpha value is -2.92. The second-order valence-corrected chi connectivity index (χ2v) is 8.40. The molecule has 2 aromatic carbocycles. The molecule has 0 unspecified atom stereocenters. The Bertz CT molecular complexity index is 934. The van der Waals surface area contributed by atoms with Crippen molar-refractivity contribution in [1.82, 2.24) is 4.90 Å². The Morgan fingerprint density at radius 3 is 2.10 bits per heavy atom. The van der Waals surface area contributed by atoms with Gasteiger partial charge in [-0.15, -0.1) is 11.3 Å². The molecule has 1 aliphatic rings. The Morgan fingerprint density at radius 2 is 1.52 bits per heavy atom. The molecule has 29 heavy (non-hydrogen) atoms. The fourth-order valence-electron chi connectivity index (χ4n) is 4.00. The van der Waals surface area contributed by atoms with E-state index < -0.39 is 5.97 Å². The van der Waals surface area contributed by atoms with Crippen molar-refractivity contribution in [3.63, 3.8) is 0 Å². The van der Waals surface area contributed by atoms with E-state index in [0.717, 1.165) is 47.3 Å². The van der Waals surface area contributed by atoms with E-state index >= 15 is 0 Å². The van der Waals surface area contributed by atoms with Crippen LogP contribution in [0.3, 0.4) is 0 Å². The third-order valence-electron chi connectivity index (χ3n) is 5.40. The van der Waals surface area contributed by atoms with Gasteiger partial charge in [0.05, 0.1) is 4.88 Å². The average molecular weight is 406 g/mol. The van der Waals surface area contributed by atoms with Gasteiger partial charge in [-0.2, -0.15) is 0 Å². The zero-order chi connectivity index (χ0) is 20.2. The van der Waals surface area contributed by atoms with Crippen LogP contribution in [0.1, 0.15) is 35.4 Å². The van der Waals surface area contributed by atoms with Crippen LogP contribution < -0.4 is 0 Å². The summed E-state index contributed by atoms with van der Waals surface area (Å²) < 4.78 is 0. The number of amides is 1. The van der Waals surface area contributed by atoms with Crippen molar-refractivity contribution >= 4 is 23.2 Å². The molecule has 4 rings (SSSR count). The van der Waals surface area contributed by atoms with Crippen molar-refractivity contribution in [2.45, 2.75) is 31.7 Å². The summed E-state index contributed by atoms with van der Waals surface area (Å²) in [5.41, 5.74) is 3.11. The lowest BCUT2D eigenvalue weighted by atomic mass is 10.0. The number of rotatable bonds is 6. The van der Waals surface area contributed by atoms with E-state index in [1.807, 2.05) is 66.7 Å². The van der Waals surface area contributed by atoms with Gasteiger partial charge in [-0.05, 0) is 30.0 Å². The highest BCUT2D eigenvalue weighted by atomic mass is 32.1. The second-order valence-electron chi connectivity index (χ2n) is 7.35. The molecule has 0 aliphatic heterocycles. The molecule has 0 atom stereocenters. The maximum atomic E-state index is 13.4. The SMILES string of the molecule is O=C(O)CN(C(=O)c1cc(-c2ccccc2)c(-c2ccccc2)s1)C1CCCC1. The predicted molar refractivity (Wildman–Crippen MR) is 116 cm³/mol. The highest BCUT2D eigenvalue weighted by Crippen LogP contribution is 2.40. The van der Waals surface area contributed by atoms with Crippen molar-refractivity contribution in [1.29, 1.82) is 0 Å². The summed E-state index contributed by atoms with van der Waals surface area (Å²) >= 11 is 1.45. The third kappa shape index (κ3) is 4.25. The van der Waals surface area contributed by atoms with Crippen LogP contribution in [0.4, 0.5) is 0 Å². The first kappa shape index (κ1) is 19.4. The molecule has 1 N–H and O–H groups in total. The number of carbonyl (C=O) groups is 2. The summed E-state index contributed by atoms with van der Waals surface area (Å²) in [7, 11) is 0. The molecule has 1 saturated carbocycles. The first-order valence-corrected chi connectivity index (χ1v) is 10.7. The monoisotopic (exact) mass is 405 g/mol. The van der Waals surface area contributed by atoms with Gasteiger partial charge >= 0.3 is 5.97 Å². The molecule has 148 valence electrons. The minimum Gasteiger partial charge on any atom is -0.480 e. The highest BCUT2D eigenvalue weighted by molar-refractivity contribution is 7.18. The minimum atomic E-state index is -0.964. The van der Waals surface area contributed by atoms with E-state index in [1.54, 1.807) is 4.90 Å². The van der Waals surface area contributed by atoms with Gasteiger partial charge in [0, 0.05) is 16.5 Å². The van der Waals surface area contributed by atoms with Crippen LogP contribution in [-0.2, 0) is 4.79 Å². The molecule has 0 spiro atoms. The third-order valence-corrected chi connectivity index (χ3v) is 6.57. The Balaban J connectivity index is 1.76. The first-order valence-electron chi connectivity index (χ1n) is 9.91. The predicted octanol–water partition coefficient (Wildman–Crippen LogP) is 5.55. The number of carboxylic acid groups (broad SMARTS) is 1. The van der Waals surface area contributed by atoms with Crippen LogP contribution in [0.25, 0.3) is 21.6 Å². The maximum Gasteiger partial charge on any atom is 0.323 e. The van der Waals surface area contributed by atoms with Gasteiger partial charge in [-0.1, -0.05) is 73.5 Å². The molecular weight excluding hydrogens is 382 g/mol. The molecule has 5 heteroatoms. The molecule has 1 amide bonds. The fraction of sp³-hybridized carbons (Fsp3) is 0.250. The lowest BCUT2D eigenvalue weighted by Crippen LogP contribution is -2.41. The van der Waals surface area contributed by atoms with Crippen LogP contribution in [0.2, 0.25) is 0 Å². The van der Waals surface area contributed by atoms with E-state index in [9.17, 15) is 14.7 Å². The molecule has 1 aromatic heterocycles. The molecule has 1 heterocycles. The van der Waals surface area contributed by atoms with Crippen molar-refractivity contribution in [2.75, 3.05) is 6.54 Å². The van der Waals surface area contributed by atoms with Gasteiger partial charge in [0.2, 0.25) is 0 Å². The molecule has 0 radical (unpaired) electrons. The number of hydrogen-bond donors (Lipinski definition) is 1. The first-order chi connectivity index (χ1) is 14.1. The summed E-state index contributed by atoms with van der Waals surface area (Å²) in [6.07, 6.45) is 3.84. The largest absolute Gasteiger partial charge is 0.480 e. The molecule has 1 fully saturated rings.